The fourth-order valence-corrected chi connectivity index (χ4v) is 1.83. The lowest BCUT2D eigenvalue weighted by Gasteiger charge is -2.09. The van der Waals surface area contributed by atoms with Gasteiger partial charge < -0.3 is 10.4 Å². The Kier molecular flexibility index (Phi) is 3.84. The molecule has 0 bridgehead atoms. The van der Waals surface area contributed by atoms with Crippen LogP contribution in [0.25, 0.3) is 0 Å². The van der Waals surface area contributed by atoms with Crippen LogP contribution >= 0.6 is 0 Å². The van der Waals surface area contributed by atoms with Crippen molar-refractivity contribution in [2.45, 2.75) is 6.92 Å². The first-order valence-corrected chi connectivity index (χ1v) is 5.93. The summed E-state index contributed by atoms with van der Waals surface area (Å²) in [4.78, 5) is 21.0. The third-order valence-corrected chi connectivity index (χ3v) is 2.82. The highest BCUT2D eigenvalue weighted by Crippen LogP contribution is 2.26. The maximum absolute atomic E-state index is 13.6. The second-order valence-corrected chi connectivity index (χ2v) is 4.40. The van der Waals surface area contributed by atoms with E-state index in [0.717, 1.165) is 17.7 Å². The monoisotopic (exact) mass is 290 g/mol. The number of halogens is 1. The molecule has 0 aromatic heterocycles. The molecule has 2 aromatic rings. The number of nitro groups is 1. The molecule has 0 unspecified atom stereocenters. The normalized spacial score (nSPS) is 10.2. The summed E-state index contributed by atoms with van der Waals surface area (Å²) in [6.45, 7) is 1.78. The van der Waals surface area contributed by atoms with Gasteiger partial charge in [0.2, 0.25) is 0 Å². The number of carboxylic acid groups (broad SMARTS) is 1. The maximum atomic E-state index is 13.6. The Morgan fingerprint density at radius 3 is 2.62 bits per heavy atom. The summed E-state index contributed by atoms with van der Waals surface area (Å²) in [6.07, 6.45) is 0. The summed E-state index contributed by atoms with van der Waals surface area (Å²) < 4.78 is 13.6. The number of nitrogens with zero attached hydrogens (tertiary/aromatic N) is 1. The van der Waals surface area contributed by atoms with Crippen LogP contribution in [0.3, 0.4) is 0 Å². The van der Waals surface area contributed by atoms with E-state index in [1.54, 1.807) is 19.1 Å². The zero-order chi connectivity index (χ0) is 15.6. The van der Waals surface area contributed by atoms with Gasteiger partial charge in [-0.15, -0.1) is 0 Å². The molecule has 0 aliphatic heterocycles. The Bertz CT molecular complexity index is 731. The van der Waals surface area contributed by atoms with Gasteiger partial charge in [0.1, 0.15) is 11.4 Å². The van der Waals surface area contributed by atoms with E-state index in [1.165, 1.54) is 12.1 Å². The Hall–Kier alpha value is -2.96. The Morgan fingerprint density at radius 1 is 1.29 bits per heavy atom. The minimum atomic E-state index is -1.42. The molecule has 0 saturated carbocycles. The van der Waals surface area contributed by atoms with E-state index in [0.29, 0.717) is 0 Å². The molecule has 2 aromatic carbocycles. The Morgan fingerprint density at radius 2 is 2.00 bits per heavy atom. The highest BCUT2D eigenvalue weighted by Gasteiger charge is 2.20. The summed E-state index contributed by atoms with van der Waals surface area (Å²) in [7, 11) is 0. The first kappa shape index (κ1) is 14.4. The van der Waals surface area contributed by atoms with E-state index in [1.807, 2.05) is 0 Å². The van der Waals surface area contributed by atoms with Crippen molar-refractivity contribution in [1.82, 2.24) is 0 Å². The minimum Gasteiger partial charge on any atom is -0.477 e. The number of anilines is 2. The van der Waals surface area contributed by atoms with Gasteiger partial charge in [-0.05, 0) is 36.8 Å². The molecule has 2 rings (SSSR count). The quantitative estimate of drug-likeness (QED) is 0.664. The van der Waals surface area contributed by atoms with Crippen LogP contribution < -0.4 is 5.32 Å². The van der Waals surface area contributed by atoms with E-state index in [4.69, 9.17) is 5.11 Å². The highest BCUT2D eigenvalue weighted by molar-refractivity contribution is 5.93. The van der Waals surface area contributed by atoms with E-state index in [9.17, 15) is 19.3 Å². The summed E-state index contributed by atoms with van der Waals surface area (Å²) >= 11 is 0. The van der Waals surface area contributed by atoms with E-state index in [-0.39, 0.29) is 11.4 Å². The van der Waals surface area contributed by atoms with Gasteiger partial charge in [0.05, 0.1) is 10.6 Å². The zero-order valence-corrected chi connectivity index (χ0v) is 11.0. The highest BCUT2D eigenvalue weighted by atomic mass is 19.1. The second kappa shape index (κ2) is 5.58. The van der Waals surface area contributed by atoms with Crippen LogP contribution in [0.1, 0.15) is 15.9 Å². The van der Waals surface area contributed by atoms with Crippen LogP contribution in [-0.2, 0) is 0 Å². The number of carboxylic acids is 1. The number of rotatable bonds is 4. The molecule has 0 radical (unpaired) electrons. The molecule has 7 heteroatoms. The maximum Gasteiger partial charge on any atom is 0.342 e. The molecule has 0 fully saturated rings. The molecular weight excluding hydrogens is 279 g/mol. The third-order valence-electron chi connectivity index (χ3n) is 2.82. The van der Waals surface area contributed by atoms with Crippen molar-refractivity contribution >= 4 is 23.0 Å². The van der Waals surface area contributed by atoms with Crippen molar-refractivity contribution in [3.05, 3.63) is 63.5 Å². The van der Waals surface area contributed by atoms with E-state index >= 15 is 0 Å². The van der Waals surface area contributed by atoms with Gasteiger partial charge in [0.25, 0.3) is 5.69 Å². The number of nitro benzene ring substituents is 1. The van der Waals surface area contributed by atoms with E-state index < -0.39 is 28.0 Å². The SMILES string of the molecule is Cc1ccc(F)c(Nc2ccc([N+](=O)[O-])c(C(=O)O)c2)c1. The lowest BCUT2D eigenvalue weighted by atomic mass is 10.1. The molecular formula is C14H11FN2O4. The van der Waals surface area contributed by atoms with Crippen LogP contribution in [-0.4, -0.2) is 16.0 Å². The van der Waals surface area contributed by atoms with Crippen LogP contribution in [0.5, 0.6) is 0 Å². The molecule has 0 heterocycles. The summed E-state index contributed by atoms with van der Waals surface area (Å²) in [5, 5.41) is 22.5. The van der Waals surface area contributed by atoms with Crippen molar-refractivity contribution in [2.24, 2.45) is 0 Å². The standard InChI is InChI=1S/C14H11FN2O4/c1-8-2-4-11(15)12(6-8)16-9-3-5-13(17(20)21)10(7-9)14(18)19/h2-7,16H,1H3,(H,18,19). The van der Waals surface area contributed by atoms with Crippen molar-refractivity contribution in [2.75, 3.05) is 5.32 Å². The third kappa shape index (κ3) is 3.14. The minimum absolute atomic E-state index is 0.167. The summed E-state index contributed by atoms with van der Waals surface area (Å²) in [6, 6.07) is 7.92. The van der Waals surface area contributed by atoms with Gasteiger partial charge >= 0.3 is 5.97 Å². The van der Waals surface area contributed by atoms with Crippen molar-refractivity contribution < 1.29 is 19.2 Å². The zero-order valence-electron chi connectivity index (χ0n) is 11.0. The molecule has 0 atom stereocenters. The first-order chi connectivity index (χ1) is 9.88. The number of aromatic carboxylic acids is 1. The first-order valence-electron chi connectivity index (χ1n) is 5.93. The van der Waals surface area contributed by atoms with Crippen LogP contribution in [0.2, 0.25) is 0 Å². The molecule has 0 aliphatic carbocycles. The molecule has 0 saturated heterocycles. The fourth-order valence-electron chi connectivity index (χ4n) is 1.83. The number of aryl methyl sites for hydroxylation is 1. The number of carbonyl (C=O) groups is 1. The van der Waals surface area contributed by atoms with Crippen LogP contribution in [0, 0.1) is 22.9 Å². The van der Waals surface area contributed by atoms with Gasteiger partial charge in [0, 0.05) is 11.8 Å². The van der Waals surface area contributed by atoms with Crippen LogP contribution in [0.4, 0.5) is 21.5 Å². The topological polar surface area (TPSA) is 92.5 Å². The number of hydrogen-bond acceptors (Lipinski definition) is 4. The average Bonchev–Trinajstić information content (AvgIpc) is 2.42. The van der Waals surface area contributed by atoms with E-state index in [2.05, 4.69) is 5.32 Å². The van der Waals surface area contributed by atoms with Gasteiger partial charge in [-0.3, -0.25) is 10.1 Å². The van der Waals surface area contributed by atoms with Gasteiger partial charge in [-0.2, -0.15) is 0 Å². The van der Waals surface area contributed by atoms with Crippen molar-refractivity contribution in [1.29, 1.82) is 0 Å². The fraction of sp³-hybridized carbons (Fsp3) is 0.0714. The molecule has 108 valence electrons. The summed E-state index contributed by atoms with van der Waals surface area (Å²) in [5.41, 5.74) is 0.262. The van der Waals surface area contributed by atoms with Crippen LogP contribution in [0.15, 0.2) is 36.4 Å². The molecule has 0 spiro atoms. The largest absolute Gasteiger partial charge is 0.477 e. The van der Waals surface area contributed by atoms with Crippen molar-refractivity contribution in [3.8, 4) is 0 Å². The summed E-state index contributed by atoms with van der Waals surface area (Å²) in [5.74, 6) is -1.93. The lowest BCUT2D eigenvalue weighted by molar-refractivity contribution is -0.385. The molecule has 6 nitrogen and oxygen atoms in total. The number of benzene rings is 2. The van der Waals surface area contributed by atoms with Crippen molar-refractivity contribution in [3.63, 3.8) is 0 Å². The molecule has 2 N–H and O–H groups in total. The molecule has 0 amide bonds. The van der Waals surface area contributed by atoms with Gasteiger partial charge in [-0.25, -0.2) is 9.18 Å². The predicted molar refractivity (Wildman–Crippen MR) is 74.5 cm³/mol. The Balaban J connectivity index is 2.41. The lowest BCUT2D eigenvalue weighted by Crippen LogP contribution is -2.04. The molecule has 21 heavy (non-hydrogen) atoms. The average molecular weight is 290 g/mol. The smallest absolute Gasteiger partial charge is 0.342 e. The van der Waals surface area contributed by atoms with Gasteiger partial charge in [0.15, 0.2) is 0 Å². The molecule has 0 aliphatic rings. The predicted octanol–water partition coefficient (Wildman–Crippen LogP) is 3.48. The number of nitrogens with one attached hydrogen (secondary N) is 1. The van der Waals surface area contributed by atoms with Gasteiger partial charge in [-0.1, -0.05) is 6.07 Å². The Labute approximate surface area is 119 Å². The number of hydrogen-bond donors (Lipinski definition) is 2. The second-order valence-electron chi connectivity index (χ2n) is 4.40.